The minimum atomic E-state index is -0.454. The highest BCUT2D eigenvalue weighted by molar-refractivity contribution is 5.95. The lowest BCUT2D eigenvalue weighted by Crippen LogP contribution is -2.42. The number of rotatable bonds is 5. The molecule has 1 aromatic carbocycles. The fraction of sp³-hybridized carbons (Fsp3) is 0.278. The number of piperidine rings is 1. The maximum atomic E-state index is 12.5. The molecule has 2 aromatic rings. The second-order valence-corrected chi connectivity index (χ2v) is 6.11. The second kappa shape index (κ2) is 7.73. The van der Waals surface area contributed by atoms with Gasteiger partial charge in [0.15, 0.2) is 0 Å². The molecule has 0 radical (unpaired) electrons. The Kier molecular flexibility index (Phi) is 5.21. The quantitative estimate of drug-likeness (QED) is 0.502. The lowest BCUT2D eigenvalue weighted by atomic mass is 10.0. The summed E-state index contributed by atoms with van der Waals surface area (Å²) in [5.74, 6) is 0.405. The number of anilines is 1. The predicted molar refractivity (Wildman–Crippen MR) is 95.3 cm³/mol. The Morgan fingerprint density at radius 2 is 1.92 bits per heavy atom. The van der Waals surface area contributed by atoms with E-state index < -0.39 is 4.92 Å². The Labute approximate surface area is 150 Å². The second-order valence-electron chi connectivity index (χ2n) is 6.11. The summed E-state index contributed by atoms with van der Waals surface area (Å²) >= 11 is 0. The van der Waals surface area contributed by atoms with Crippen LogP contribution in [-0.4, -0.2) is 46.1 Å². The van der Waals surface area contributed by atoms with Gasteiger partial charge in [-0.2, -0.15) is 0 Å². The average Bonchev–Trinajstić information content (AvgIpc) is 2.68. The SMILES string of the molecule is O=Cc1ccc(C(=O)N2CCC(Nc3cc([N+](=O)[O-])ccn3)CC2)cc1. The molecule has 2 heterocycles. The molecule has 1 aliphatic heterocycles. The van der Waals surface area contributed by atoms with Crippen molar-refractivity contribution in [1.82, 2.24) is 9.88 Å². The minimum absolute atomic E-state index is 0.00566. The van der Waals surface area contributed by atoms with Crippen LogP contribution in [-0.2, 0) is 0 Å². The van der Waals surface area contributed by atoms with E-state index in [9.17, 15) is 19.7 Å². The maximum absolute atomic E-state index is 12.5. The molecule has 1 fully saturated rings. The van der Waals surface area contributed by atoms with E-state index in [1.165, 1.54) is 18.3 Å². The number of nitro groups is 1. The molecule has 8 nitrogen and oxygen atoms in total. The van der Waals surface area contributed by atoms with Crippen molar-refractivity contribution in [2.24, 2.45) is 0 Å². The van der Waals surface area contributed by atoms with Gasteiger partial charge in [-0.1, -0.05) is 12.1 Å². The number of benzene rings is 1. The van der Waals surface area contributed by atoms with Gasteiger partial charge in [-0.25, -0.2) is 4.98 Å². The molecule has 3 rings (SSSR count). The van der Waals surface area contributed by atoms with Gasteiger partial charge in [-0.15, -0.1) is 0 Å². The first-order chi connectivity index (χ1) is 12.6. The predicted octanol–water partition coefficient (Wildman–Crippen LogP) is 2.52. The van der Waals surface area contributed by atoms with Crippen molar-refractivity contribution < 1.29 is 14.5 Å². The zero-order valence-corrected chi connectivity index (χ0v) is 14.0. The van der Waals surface area contributed by atoms with E-state index in [2.05, 4.69) is 10.3 Å². The van der Waals surface area contributed by atoms with Gasteiger partial charge in [0.2, 0.25) is 0 Å². The van der Waals surface area contributed by atoms with Crippen LogP contribution in [0.3, 0.4) is 0 Å². The van der Waals surface area contributed by atoms with Crippen molar-refractivity contribution in [3.05, 3.63) is 63.8 Å². The fourth-order valence-electron chi connectivity index (χ4n) is 2.93. The standard InChI is InChI=1S/C18H18N4O4/c23-12-13-1-3-14(4-2-13)18(24)21-9-6-15(7-10-21)20-17-11-16(22(25)26)5-8-19-17/h1-5,8,11-12,15H,6-7,9-10H2,(H,19,20). The van der Waals surface area contributed by atoms with Crippen LogP contribution < -0.4 is 5.32 Å². The first-order valence-corrected chi connectivity index (χ1v) is 8.28. The van der Waals surface area contributed by atoms with Gasteiger partial charge in [-0.05, 0) is 25.0 Å². The van der Waals surface area contributed by atoms with E-state index in [1.807, 2.05) is 0 Å². The zero-order valence-electron chi connectivity index (χ0n) is 14.0. The number of hydrogen-bond acceptors (Lipinski definition) is 6. The molecule has 8 heteroatoms. The van der Waals surface area contributed by atoms with Gasteiger partial charge in [0.1, 0.15) is 12.1 Å². The third-order valence-electron chi connectivity index (χ3n) is 4.38. The largest absolute Gasteiger partial charge is 0.367 e. The van der Waals surface area contributed by atoms with E-state index >= 15 is 0 Å². The number of carbonyl (C=O) groups excluding carboxylic acids is 2. The summed E-state index contributed by atoms with van der Waals surface area (Å²) < 4.78 is 0. The molecule has 1 aliphatic rings. The minimum Gasteiger partial charge on any atom is -0.367 e. The van der Waals surface area contributed by atoms with Crippen molar-refractivity contribution in [2.75, 3.05) is 18.4 Å². The van der Waals surface area contributed by atoms with Crippen LogP contribution in [0.5, 0.6) is 0 Å². The zero-order chi connectivity index (χ0) is 18.5. The summed E-state index contributed by atoms with van der Waals surface area (Å²) in [4.78, 5) is 39.5. The molecule has 1 aromatic heterocycles. The average molecular weight is 354 g/mol. The summed E-state index contributed by atoms with van der Waals surface area (Å²) in [6, 6.07) is 9.43. The van der Waals surface area contributed by atoms with Crippen molar-refractivity contribution in [3.8, 4) is 0 Å². The summed E-state index contributed by atoms with van der Waals surface area (Å²) in [6.07, 6.45) is 3.60. The van der Waals surface area contributed by atoms with Gasteiger partial charge < -0.3 is 10.2 Å². The fourth-order valence-corrected chi connectivity index (χ4v) is 2.93. The monoisotopic (exact) mass is 354 g/mol. The molecular weight excluding hydrogens is 336 g/mol. The number of aldehydes is 1. The van der Waals surface area contributed by atoms with Crippen LogP contribution in [0.15, 0.2) is 42.6 Å². The highest BCUT2D eigenvalue weighted by Gasteiger charge is 2.24. The molecule has 26 heavy (non-hydrogen) atoms. The van der Waals surface area contributed by atoms with Crippen molar-refractivity contribution in [2.45, 2.75) is 18.9 Å². The van der Waals surface area contributed by atoms with Gasteiger partial charge in [0.05, 0.1) is 11.0 Å². The molecule has 134 valence electrons. The smallest absolute Gasteiger partial charge is 0.274 e. The topological polar surface area (TPSA) is 105 Å². The molecule has 1 saturated heterocycles. The van der Waals surface area contributed by atoms with E-state index in [0.717, 1.165) is 19.1 Å². The van der Waals surface area contributed by atoms with Crippen LogP contribution in [0, 0.1) is 10.1 Å². The lowest BCUT2D eigenvalue weighted by Gasteiger charge is -2.32. The van der Waals surface area contributed by atoms with Gasteiger partial charge >= 0.3 is 0 Å². The number of carbonyl (C=O) groups is 2. The number of aromatic nitrogens is 1. The Balaban J connectivity index is 1.56. The summed E-state index contributed by atoms with van der Waals surface area (Å²) in [7, 11) is 0. The molecule has 0 saturated carbocycles. The Morgan fingerprint density at radius 3 is 2.54 bits per heavy atom. The summed E-state index contributed by atoms with van der Waals surface area (Å²) in [6.45, 7) is 1.17. The van der Waals surface area contributed by atoms with Crippen LogP contribution in [0.2, 0.25) is 0 Å². The first-order valence-electron chi connectivity index (χ1n) is 8.28. The van der Waals surface area contributed by atoms with Gasteiger partial charge in [0, 0.05) is 42.5 Å². The van der Waals surface area contributed by atoms with E-state index in [1.54, 1.807) is 29.2 Å². The third-order valence-corrected chi connectivity index (χ3v) is 4.38. The van der Waals surface area contributed by atoms with Crippen molar-refractivity contribution >= 4 is 23.7 Å². The number of amides is 1. The summed E-state index contributed by atoms with van der Waals surface area (Å²) in [5, 5.41) is 14.0. The van der Waals surface area contributed by atoms with Gasteiger partial charge in [-0.3, -0.25) is 19.7 Å². The van der Waals surface area contributed by atoms with Crippen LogP contribution in [0.25, 0.3) is 0 Å². The van der Waals surface area contributed by atoms with Crippen LogP contribution >= 0.6 is 0 Å². The van der Waals surface area contributed by atoms with E-state index in [-0.39, 0.29) is 17.6 Å². The van der Waals surface area contributed by atoms with Crippen molar-refractivity contribution in [1.29, 1.82) is 0 Å². The Morgan fingerprint density at radius 1 is 1.23 bits per heavy atom. The molecule has 0 aliphatic carbocycles. The maximum Gasteiger partial charge on any atom is 0.274 e. The Bertz CT molecular complexity index is 814. The molecule has 1 amide bonds. The highest BCUT2D eigenvalue weighted by Crippen LogP contribution is 2.20. The number of nitrogens with one attached hydrogen (secondary N) is 1. The number of likely N-dealkylation sites (tertiary alicyclic amines) is 1. The van der Waals surface area contributed by atoms with E-state index in [0.29, 0.717) is 30.0 Å². The van der Waals surface area contributed by atoms with E-state index in [4.69, 9.17) is 0 Å². The first kappa shape index (κ1) is 17.5. The lowest BCUT2D eigenvalue weighted by molar-refractivity contribution is -0.384. The number of hydrogen-bond donors (Lipinski definition) is 1. The third kappa shape index (κ3) is 4.02. The van der Waals surface area contributed by atoms with Crippen molar-refractivity contribution in [3.63, 3.8) is 0 Å². The molecule has 0 atom stereocenters. The van der Waals surface area contributed by atoms with Gasteiger partial charge in [0.25, 0.3) is 11.6 Å². The van der Waals surface area contributed by atoms with Crippen LogP contribution in [0.1, 0.15) is 33.6 Å². The molecular formula is C18H18N4O4. The molecule has 1 N–H and O–H groups in total. The summed E-state index contributed by atoms with van der Waals surface area (Å²) in [5.41, 5.74) is 1.09. The highest BCUT2D eigenvalue weighted by atomic mass is 16.6. The Hall–Kier alpha value is -3.29. The molecule has 0 unspecified atom stereocenters. The molecule has 0 bridgehead atoms. The normalized spacial score (nSPS) is 14.7. The molecule has 0 spiro atoms. The number of nitrogens with zero attached hydrogens (tertiary/aromatic N) is 3. The van der Waals surface area contributed by atoms with Crippen LogP contribution in [0.4, 0.5) is 11.5 Å². The number of pyridine rings is 1.